The van der Waals surface area contributed by atoms with E-state index in [1.54, 1.807) is 6.92 Å². The van der Waals surface area contributed by atoms with Gasteiger partial charge in [0.25, 0.3) is 0 Å². The van der Waals surface area contributed by atoms with E-state index in [0.29, 0.717) is 16.6 Å². The number of hydrogen-bond acceptors (Lipinski definition) is 4. The van der Waals surface area contributed by atoms with Crippen LogP contribution in [0.4, 0.5) is 0 Å². The Hall–Kier alpha value is -1.21. The molecule has 3 N–H and O–H groups in total. The number of aliphatic hydroxyl groups is 1. The number of nitrogens with zero attached hydrogens (tertiary/aromatic N) is 2. The maximum atomic E-state index is 11.8. The molecule has 0 spiro atoms. The van der Waals surface area contributed by atoms with E-state index in [2.05, 4.69) is 15.5 Å². The third kappa shape index (κ3) is 2.14. The van der Waals surface area contributed by atoms with Crippen molar-refractivity contribution in [2.45, 2.75) is 38.5 Å². The number of carbonyl (C=O) groups excluding carboxylic acids is 1. The molecule has 0 aliphatic heterocycles. The van der Waals surface area contributed by atoms with E-state index in [1.165, 1.54) is 4.57 Å². The van der Waals surface area contributed by atoms with Crippen LogP contribution in [-0.4, -0.2) is 31.8 Å². The topological polar surface area (TPSA) is 82.9 Å². The van der Waals surface area contributed by atoms with Crippen molar-refractivity contribution in [2.75, 3.05) is 0 Å². The van der Waals surface area contributed by atoms with Gasteiger partial charge in [0, 0.05) is 6.04 Å². The third-order valence-electron chi connectivity index (χ3n) is 2.61. The van der Waals surface area contributed by atoms with Gasteiger partial charge in [-0.15, -0.1) is 0 Å². The molecule has 0 bridgehead atoms. The van der Waals surface area contributed by atoms with Gasteiger partial charge in [-0.2, -0.15) is 5.10 Å². The summed E-state index contributed by atoms with van der Waals surface area (Å²) < 4.78 is 1.88. The Balaban J connectivity index is 2.17. The highest BCUT2D eigenvalue weighted by Gasteiger charge is 2.27. The molecule has 1 unspecified atom stereocenters. The predicted octanol–water partition coefficient (Wildman–Crippen LogP) is 0.273. The van der Waals surface area contributed by atoms with Crippen LogP contribution < -0.4 is 5.32 Å². The van der Waals surface area contributed by atoms with Crippen molar-refractivity contribution in [3.63, 3.8) is 0 Å². The molecule has 88 valence electrons. The molecule has 0 aromatic carbocycles. The van der Waals surface area contributed by atoms with Gasteiger partial charge >= 0.3 is 0 Å². The van der Waals surface area contributed by atoms with Crippen molar-refractivity contribution in [2.24, 2.45) is 0 Å². The van der Waals surface area contributed by atoms with Crippen molar-refractivity contribution >= 4 is 18.1 Å². The minimum Gasteiger partial charge on any atom is -0.388 e. The fraction of sp³-hybridized carbons (Fsp3) is 0.667. The summed E-state index contributed by atoms with van der Waals surface area (Å²) in [6.07, 6.45) is 2.09. The first-order valence-corrected chi connectivity index (χ1v) is 5.61. The highest BCUT2D eigenvalue weighted by Crippen LogP contribution is 2.20. The summed E-state index contributed by atoms with van der Waals surface area (Å²) in [5.74, 6) is 0.290. The number of rotatable bonds is 4. The summed E-state index contributed by atoms with van der Waals surface area (Å²) in [5, 5.41) is 18.4. The van der Waals surface area contributed by atoms with Gasteiger partial charge in [0.05, 0.1) is 0 Å². The number of amides is 1. The minimum absolute atomic E-state index is 0.0882. The molecule has 1 atom stereocenters. The van der Waals surface area contributed by atoms with E-state index < -0.39 is 6.04 Å². The van der Waals surface area contributed by atoms with E-state index in [1.807, 2.05) is 0 Å². The van der Waals surface area contributed by atoms with Gasteiger partial charge < -0.3 is 10.4 Å². The zero-order valence-electron chi connectivity index (χ0n) is 8.93. The van der Waals surface area contributed by atoms with Gasteiger partial charge in [-0.3, -0.25) is 14.5 Å². The molecule has 7 heteroatoms. The largest absolute Gasteiger partial charge is 0.388 e. The summed E-state index contributed by atoms with van der Waals surface area (Å²) >= 11 is 5.02. The molecule has 16 heavy (non-hydrogen) atoms. The molecule has 1 saturated carbocycles. The molecule has 0 radical (unpaired) electrons. The van der Waals surface area contributed by atoms with Gasteiger partial charge in [-0.05, 0) is 32.0 Å². The Bertz CT molecular complexity index is 449. The third-order valence-corrected chi connectivity index (χ3v) is 2.90. The molecule has 2 rings (SSSR count). The van der Waals surface area contributed by atoms with Crippen molar-refractivity contribution in [3.8, 4) is 0 Å². The van der Waals surface area contributed by atoms with Crippen LogP contribution in [0, 0.1) is 4.77 Å². The number of carbonyl (C=O) groups is 1. The molecule has 1 aliphatic carbocycles. The second kappa shape index (κ2) is 4.34. The van der Waals surface area contributed by atoms with Gasteiger partial charge in [-0.1, -0.05) is 0 Å². The lowest BCUT2D eigenvalue weighted by Gasteiger charge is -2.14. The van der Waals surface area contributed by atoms with Crippen LogP contribution in [0.3, 0.4) is 0 Å². The van der Waals surface area contributed by atoms with E-state index in [-0.39, 0.29) is 12.5 Å². The number of H-pyrrole nitrogens is 1. The van der Waals surface area contributed by atoms with Gasteiger partial charge in [-0.25, -0.2) is 0 Å². The minimum atomic E-state index is -0.450. The first kappa shape index (κ1) is 11.3. The lowest BCUT2D eigenvalue weighted by molar-refractivity contribution is -0.124. The smallest absolute Gasteiger partial charge is 0.243 e. The SMILES string of the molecule is CC(C(=O)NC1CC1)n1c(CO)n[nH]c1=S. The summed E-state index contributed by atoms with van der Waals surface area (Å²) in [7, 11) is 0. The molecular weight excluding hydrogens is 228 g/mol. The van der Waals surface area contributed by atoms with Crippen LogP contribution in [-0.2, 0) is 11.4 Å². The van der Waals surface area contributed by atoms with Gasteiger partial charge in [0.2, 0.25) is 5.91 Å². The van der Waals surface area contributed by atoms with Gasteiger partial charge in [0.15, 0.2) is 10.6 Å². The Kier molecular flexibility index (Phi) is 3.06. The number of nitrogens with one attached hydrogen (secondary N) is 2. The standard InChI is InChI=1S/C9H14N4O2S/c1-5(8(15)10-6-2-3-6)13-7(4-14)11-12-9(13)16/h5-6,14H,2-4H2,1H3,(H,10,15)(H,12,16). The summed E-state index contributed by atoms with van der Waals surface area (Å²) in [5.41, 5.74) is 0. The normalized spacial score (nSPS) is 17.1. The second-order valence-electron chi connectivity index (χ2n) is 3.93. The predicted molar refractivity (Wildman–Crippen MR) is 59.2 cm³/mol. The fourth-order valence-electron chi connectivity index (χ4n) is 1.51. The Morgan fingerprint density at radius 1 is 1.81 bits per heavy atom. The van der Waals surface area contributed by atoms with Crippen LogP contribution in [0.1, 0.15) is 31.6 Å². The van der Waals surface area contributed by atoms with E-state index in [4.69, 9.17) is 17.3 Å². The van der Waals surface area contributed by atoms with E-state index >= 15 is 0 Å². The molecule has 0 saturated heterocycles. The first-order chi connectivity index (χ1) is 7.63. The summed E-state index contributed by atoms with van der Waals surface area (Å²) in [6.45, 7) is 1.50. The van der Waals surface area contributed by atoms with Crippen LogP contribution in [0.5, 0.6) is 0 Å². The average molecular weight is 242 g/mol. The second-order valence-corrected chi connectivity index (χ2v) is 4.32. The van der Waals surface area contributed by atoms with Crippen LogP contribution >= 0.6 is 12.2 Å². The Morgan fingerprint density at radius 2 is 2.50 bits per heavy atom. The van der Waals surface area contributed by atoms with Crippen LogP contribution in [0.25, 0.3) is 0 Å². The van der Waals surface area contributed by atoms with Crippen molar-refractivity contribution in [3.05, 3.63) is 10.6 Å². The number of aliphatic hydroxyl groups excluding tert-OH is 1. The number of hydrogen-bond donors (Lipinski definition) is 3. The molecular formula is C9H14N4O2S. The van der Waals surface area contributed by atoms with Crippen molar-refractivity contribution in [1.82, 2.24) is 20.1 Å². The molecule has 1 amide bonds. The quantitative estimate of drug-likeness (QED) is 0.662. The highest BCUT2D eigenvalue weighted by molar-refractivity contribution is 7.71. The first-order valence-electron chi connectivity index (χ1n) is 5.20. The maximum Gasteiger partial charge on any atom is 0.243 e. The van der Waals surface area contributed by atoms with E-state index in [9.17, 15) is 4.79 Å². The zero-order valence-corrected chi connectivity index (χ0v) is 9.75. The maximum absolute atomic E-state index is 11.8. The molecule has 6 nitrogen and oxygen atoms in total. The number of aromatic amines is 1. The van der Waals surface area contributed by atoms with Crippen LogP contribution in [0.15, 0.2) is 0 Å². The lowest BCUT2D eigenvalue weighted by Crippen LogP contribution is -2.33. The molecule has 1 fully saturated rings. The molecule has 1 heterocycles. The lowest BCUT2D eigenvalue weighted by atomic mass is 10.3. The molecule has 1 aliphatic rings. The molecule has 1 aromatic heterocycles. The Labute approximate surface area is 97.7 Å². The fourth-order valence-corrected chi connectivity index (χ4v) is 1.82. The highest BCUT2D eigenvalue weighted by atomic mass is 32.1. The summed E-state index contributed by atoms with van der Waals surface area (Å²) in [4.78, 5) is 11.8. The monoisotopic (exact) mass is 242 g/mol. The van der Waals surface area contributed by atoms with Crippen molar-refractivity contribution < 1.29 is 9.90 Å². The van der Waals surface area contributed by atoms with Crippen molar-refractivity contribution in [1.29, 1.82) is 0 Å². The zero-order chi connectivity index (χ0) is 11.7. The van der Waals surface area contributed by atoms with E-state index in [0.717, 1.165) is 12.8 Å². The number of aromatic nitrogens is 3. The Morgan fingerprint density at radius 3 is 3.06 bits per heavy atom. The summed E-state index contributed by atoms with van der Waals surface area (Å²) in [6, 6.07) is -0.136. The van der Waals surface area contributed by atoms with Crippen LogP contribution in [0.2, 0.25) is 0 Å². The molecule has 1 aromatic rings. The average Bonchev–Trinajstić information content (AvgIpc) is 2.99. The van der Waals surface area contributed by atoms with Gasteiger partial charge in [0.1, 0.15) is 12.6 Å².